The summed E-state index contributed by atoms with van der Waals surface area (Å²) in [5.74, 6) is 0. The van der Waals surface area contributed by atoms with Crippen LogP contribution in [0.15, 0.2) is 53.6 Å². The third-order valence-electron chi connectivity index (χ3n) is 3.61. The van der Waals surface area contributed by atoms with Crippen LogP contribution >= 0.6 is 0 Å². The quantitative estimate of drug-likeness (QED) is 0.804. The van der Waals surface area contributed by atoms with Crippen molar-refractivity contribution in [3.8, 4) is 0 Å². The first-order valence-corrected chi connectivity index (χ1v) is 8.41. The molecule has 0 bridgehead atoms. The molecule has 0 atom stereocenters. The zero-order chi connectivity index (χ0) is 15.7. The van der Waals surface area contributed by atoms with Gasteiger partial charge in [-0.2, -0.15) is 5.10 Å². The van der Waals surface area contributed by atoms with E-state index in [-0.39, 0.29) is 11.4 Å². The van der Waals surface area contributed by atoms with Crippen LogP contribution in [0.4, 0.5) is 0 Å². The molecule has 0 aliphatic rings. The van der Waals surface area contributed by atoms with Gasteiger partial charge in [-0.1, -0.05) is 23.8 Å². The summed E-state index contributed by atoms with van der Waals surface area (Å²) in [6.45, 7) is 2.17. The normalized spacial score (nSPS) is 11.9. The predicted molar refractivity (Wildman–Crippen MR) is 85.9 cm³/mol. The Morgan fingerprint density at radius 3 is 2.59 bits per heavy atom. The second kappa shape index (κ2) is 5.55. The summed E-state index contributed by atoms with van der Waals surface area (Å²) >= 11 is 0. The molecule has 0 spiro atoms. The maximum Gasteiger partial charge on any atom is 0.240 e. The smallest absolute Gasteiger partial charge is 0.240 e. The minimum atomic E-state index is -3.49. The summed E-state index contributed by atoms with van der Waals surface area (Å²) in [5, 5.41) is 5.17. The molecule has 0 aliphatic carbocycles. The van der Waals surface area contributed by atoms with Crippen molar-refractivity contribution in [2.24, 2.45) is 7.05 Å². The number of nitrogens with one attached hydrogen (secondary N) is 1. The maximum absolute atomic E-state index is 12.3. The number of hydrogen-bond donors (Lipinski definition) is 1. The number of benzene rings is 2. The van der Waals surface area contributed by atoms with Crippen LogP contribution in [0, 0.1) is 6.92 Å². The Bertz CT molecular complexity index is 912. The van der Waals surface area contributed by atoms with Crippen LogP contribution in [0.5, 0.6) is 0 Å². The van der Waals surface area contributed by atoms with Gasteiger partial charge in [-0.3, -0.25) is 4.68 Å². The highest BCUT2D eigenvalue weighted by Gasteiger charge is 2.13. The summed E-state index contributed by atoms with van der Waals surface area (Å²) in [6.07, 6.45) is 1.77. The molecule has 5 nitrogen and oxygen atoms in total. The summed E-state index contributed by atoms with van der Waals surface area (Å²) in [6, 6.07) is 12.6. The standard InChI is InChI=1S/C16H17N3O2S/c1-12-3-6-15(7-4-12)22(20,21)18-10-13-5-8-16-14(9-13)11-17-19(16)2/h3-9,11,18H,10H2,1-2H3. The molecule has 3 aromatic rings. The molecule has 3 rings (SSSR count). The lowest BCUT2D eigenvalue weighted by atomic mass is 10.2. The van der Waals surface area contributed by atoms with Gasteiger partial charge in [0, 0.05) is 19.0 Å². The molecule has 0 unspecified atom stereocenters. The molecular weight excluding hydrogens is 298 g/mol. The minimum absolute atomic E-state index is 0.251. The molecule has 1 N–H and O–H groups in total. The summed E-state index contributed by atoms with van der Waals surface area (Å²) in [5.41, 5.74) is 2.95. The third kappa shape index (κ3) is 2.88. The second-order valence-corrected chi connectivity index (χ2v) is 7.07. The average molecular weight is 315 g/mol. The third-order valence-corrected chi connectivity index (χ3v) is 5.03. The average Bonchev–Trinajstić information content (AvgIpc) is 2.87. The van der Waals surface area contributed by atoms with Gasteiger partial charge in [-0.25, -0.2) is 13.1 Å². The van der Waals surface area contributed by atoms with Crippen molar-refractivity contribution in [2.75, 3.05) is 0 Å². The van der Waals surface area contributed by atoms with Gasteiger partial charge in [0.05, 0.1) is 16.6 Å². The molecule has 0 fully saturated rings. The van der Waals surface area contributed by atoms with E-state index in [9.17, 15) is 8.42 Å². The van der Waals surface area contributed by atoms with E-state index in [0.717, 1.165) is 22.0 Å². The highest BCUT2D eigenvalue weighted by molar-refractivity contribution is 7.89. The predicted octanol–water partition coefficient (Wildman–Crippen LogP) is 2.36. The minimum Gasteiger partial charge on any atom is -0.268 e. The number of aryl methyl sites for hydroxylation is 2. The van der Waals surface area contributed by atoms with Crippen LogP contribution < -0.4 is 4.72 Å². The molecule has 0 aliphatic heterocycles. The monoisotopic (exact) mass is 315 g/mol. The number of sulfonamides is 1. The van der Waals surface area contributed by atoms with Crippen molar-refractivity contribution in [3.63, 3.8) is 0 Å². The number of fused-ring (bicyclic) bond motifs is 1. The van der Waals surface area contributed by atoms with Gasteiger partial charge >= 0.3 is 0 Å². The van der Waals surface area contributed by atoms with E-state index in [1.807, 2.05) is 32.2 Å². The van der Waals surface area contributed by atoms with E-state index in [0.29, 0.717) is 0 Å². The molecule has 0 amide bonds. The number of aromatic nitrogens is 2. The molecular formula is C16H17N3O2S. The highest BCUT2D eigenvalue weighted by atomic mass is 32.2. The van der Waals surface area contributed by atoms with E-state index in [1.54, 1.807) is 35.1 Å². The van der Waals surface area contributed by atoms with Gasteiger partial charge in [0.15, 0.2) is 0 Å². The molecule has 6 heteroatoms. The first-order valence-electron chi connectivity index (χ1n) is 6.93. The summed E-state index contributed by atoms with van der Waals surface area (Å²) in [4.78, 5) is 0.278. The maximum atomic E-state index is 12.3. The second-order valence-electron chi connectivity index (χ2n) is 5.30. The van der Waals surface area contributed by atoms with E-state index < -0.39 is 10.0 Å². The van der Waals surface area contributed by atoms with E-state index >= 15 is 0 Å². The molecule has 22 heavy (non-hydrogen) atoms. The van der Waals surface area contributed by atoms with Crippen molar-refractivity contribution in [3.05, 3.63) is 59.8 Å². The molecule has 0 saturated heterocycles. The Kier molecular flexibility index (Phi) is 3.72. The molecule has 0 saturated carbocycles. The van der Waals surface area contributed by atoms with Gasteiger partial charge in [-0.15, -0.1) is 0 Å². The van der Waals surface area contributed by atoms with Crippen LogP contribution in [0.25, 0.3) is 10.9 Å². The van der Waals surface area contributed by atoms with Crippen molar-refractivity contribution in [2.45, 2.75) is 18.4 Å². The fourth-order valence-corrected chi connectivity index (χ4v) is 3.32. The fourth-order valence-electron chi connectivity index (χ4n) is 2.30. The Hall–Kier alpha value is -2.18. The van der Waals surface area contributed by atoms with Gasteiger partial charge < -0.3 is 0 Å². The summed E-state index contributed by atoms with van der Waals surface area (Å²) in [7, 11) is -1.62. The zero-order valence-electron chi connectivity index (χ0n) is 12.4. The summed E-state index contributed by atoms with van der Waals surface area (Å²) < 4.78 is 28.9. The first-order chi connectivity index (χ1) is 10.5. The van der Waals surface area contributed by atoms with Gasteiger partial charge in [-0.05, 0) is 36.8 Å². The lowest BCUT2D eigenvalue weighted by Gasteiger charge is -2.07. The van der Waals surface area contributed by atoms with E-state index in [1.165, 1.54) is 0 Å². The van der Waals surface area contributed by atoms with Gasteiger partial charge in [0.25, 0.3) is 0 Å². The Morgan fingerprint density at radius 2 is 1.86 bits per heavy atom. The van der Waals surface area contributed by atoms with Crippen LogP contribution in [-0.4, -0.2) is 18.2 Å². The van der Waals surface area contributed by atoms with Crippen LogP contribution in [0.3, 0.4) is 0 Å². The lowest BCUT2D eigenvalue weighted by molar-refractivity contribution is 0.581. The van der Waals surface area contributed by atoms with E-state index in [2.05, 4.69) is 9.82 Å². The molecule has 2 aromatic carbocycles. The number of rotatable bonds is 4. The molecule has 114 valence electrons. The molecule has 1 heterocycles. The number of nitrogens with zero attached hydrogens (tertiary/aromatic N) is 2. The fraction of sp³-hybridized carbons (Fsp3) is 0.188. The van der Waals surface area contributed by atoms with Crippen LogP contribution in [0.1, 0.15) is 11.1 Å². The molecule has 0 radical (unpaired) electrons. The highest BCUT2D eigenvalue weighted by Crippen LogP contribution is 2.16. The van der Waals surface area contributed by atoms with Crippen LogP contribution in [0.2, 0.25) is 0 Å². The topological polar surface area (TPSA) is 64.0 Å². The molecule has 1 aromatic heterocycles. The van der Waals surface area contributed by atoms with Crippen molar-refractivity contribution < 1.29 is 8.42 Å². The zero-order valence-corrected chi connectivity index (χ0v) is 13.3. The van der Waals surface area contributed by atoms with E-state index in [4.69, 9.17) is 0 Å². The Balaban J connectivity index is 1.79. The van der Waals surface area contributed by atoms with Gasteiger partial charge in [0.1, 0.15) is 0 Å². The van der Waals surface area contributed by atoms with Crippen molar-refractivity contribution >= 4 is 20.9 Å². The Morgan fingerprint density at radius 1 is 1.14 bits per heavy atom. The van der Waals surface area contributed by atoms with Gasteiger partial charge in [0.2, 0.25) is 10.0 Å². The Labute approximate surface area is 129 Å². The van der Waals surface area contributed by atoms with Crippen molar-refractivity contribution in [1.29, 1.82) is 0 Å². The first kappa shape index (κ1) is 14.7. The van der Waals surface area contributed by atoms with Crippen LogP contribution in [-0.2, 0) is 23.6 Å². The van der Waals surface area contributed by atoms with Crippen molar-refractivity contribution in [1.82, 2.24) is 14.5 Å². The number of hydrogen-bond acceptors (Lipinski definition) is 3. The lowest BCUT2D eigenvalue weighted by Crippen LogP contribution is -2.23. The largest absolute Gasteiger partial charge is 0.268 e. The SMILES string of the molecule is Cc1ccc(S(=O)(=O)NCc2ccc3c(cnn3C)c2)cc1.